The molecule has 0 N–H and O–H groups in total. The van der Waals surface area contributed by atoms with E-state index in [0.717, 1.165) is 24.2 Å². The van der Waals surface area contributed by atoms with Gasteiger partial charge in [-0.25, -0.2) is 0 Å². The molecule has 4 nitrogen and oxygen atoms in total. The minimum Gasteiger partial charge on any atom is -0.497 e. The number of benzene rings is 4. The van der Waals surface area contributed by atoms with Crippen molar-refractivity contribution in [1.82, 2.24) is 0 Å². The van der Waals surface area contributed by atoms with E-state index in [1.165, 1.54) is 15.9 Å². The second-order valence-corrected chi connectivity index (χ2v) is 16.1. The lowest BCUT2D eigenvalue weighted by molar-refractivity contribution is -0.0400. The minimum atomic E-state index is -2.72. The van der Waals surface area contributed by atoms with Gasteiger partial charge in [-0.1, -0.05) is 124 Å². The highest BCUT2D eigenvalue weighted by molar-refractivity contribution is 6.99. The van der Waals surface area contributed by atoms with Crippen molar-refractivity contribution >= 4 is 18.7 Å². The highest BCUT2D eigenvalue weighted by atomic mass is 28.4. The molecule has 0 aromatic heterocycles. The molecule has 0 unspecified atom stereocenters. The molecule has 0 bridgehead atoms. The van der Waals surface area contributed by atoms with Gasteiger partial charge < -0.3 is 18.6 Å². The van der Waals surface area contributed by atoms with Gasteiger partial charge in [-0.3, -0.25) is 0 Å². The Balaban J connectivity index is 1.56. The molecular weight excluding hydrogens is 536 g/mol. The Morgan fingerprint density at radius 2 is 1.19 bits per heavy atom. The molecule has 0 saturated carbocycles. The SMILES string of the molecule is COc1ccc(CO[C@H](CCCOCc2ccccc2)[C@@H](C)O[Si](c2ccccc2)(c2ccccc2)C(C)(C)C)cc1. The van der Waals surface area contributed by atoms with Crippen molar-refractivity contribution in [3.05, 3.63) is 126 Å². The summed E-state index contributed by atoms with van der Waals surface area (Å²) >= 11 is 0. The average Bonchev–Trinajstić information content (AvgIpc) is 3.02. The maximum Gasteiger partial charge on any atom is 0.261 e. The van der Waals surface area contributed by atoms with Crippen molar-refractivity contribution in [1.29, 1.82) is 0 Å². The van der Waals surface area contributed by atoms with Crippen molar-refractivity contribution in [2.75, 3.05) is 13.7 Å². The van der Waals surface area contributed by atoms with Gasteiger partial charge >= 0.3 is 0 Å². The summed E-state index contributed by atoms with van der Waals surface area (Å²) < 4.78 is 25.5. The maximum atomic E-state index is 7.44. The van der Waals surface area contributed by atoms with Gasteiger partial charge in [0.05, 0.1) is 32.5 Å². The lowest BCUT2D eigenvalue weighted by Crippen LogP contribution is -2.68. The summed E-state index contributed by atoms with van der Waals surface area (Å²) in [4.78, 5) is 0. The van der Waals surface area contributed by atoms with E-state index in [1.807, 2.05) is 30.3 Å². The molecule has 0 aliphatic carbocycles. The van der Waals surface area contributed by atoms with Crippen molar-refractivity contribution in [2.24, 2.45) is 0 Å². The Labute approximate surface area is 253 Å². The zero-order valence-corrected chi connectivity index (χ0v) is 26.8. The summed E-state index contributed by atoms with van der Waals surface area (Å²) in [6.45, 7) is 10.9. The molecule has 0 saturated heterocycles. The molecule has 5 heteroatoms. The largest absolute Gasteiger partial charge is 0.497 e. The normalized spacial score (nSPS) is 13.5. The highest BCUT2D eigenvalue weighted by Gasteiger charge is 2.51. The average molecular weight is 583 g/mol. The summed E-state index contributed by atoms with van der Waals surface area (Å²) in [6, 6.07) is 40.0. The smallest absolute Gasteiger partial charge is 0.261 e. The maximum absolute atomic E-state index is 7.44. The Hall–Kier alpha value is -3.22. The van der Waals surface area contributed by atoms with E-state index in [2.05, 4.69) is 113 Å². The lowest BCUT2D eigenvalue weighted by atomic mass is 10.1. The van der Waals surface area contributed by atoms with Crippen LogP contribution in [0.15, 0.2) is 115 Å². The standard InChI is InChI=1S/C37H46O4Si/c1-30(41-42(37(2,3)4,34-18-11-7-12-19-34)35-20-13-8-14-21-35)36(40-29-32-23-25-33(38-5)26-24-32)22-15-27-39-28-31-16-9-6-10-17-31/h6-14,16-21,23-26,30,36H,15,22,27-29H2,1-5H3/t30-,36-/m1/s1. The number of hydrogen-bond donors (Lipinski definition) is 0. The molecule has 4 aromatic rings. The van der Waals surface area contributed by atoms with Crippen LogP contribution in [-0.2, 0) is 27.1 Å². The van der Waals surface area contributed by atoms with Crippen LogP contribution in [0, 0.1) is 0 Å². The van der Waals surface area contributed by atoms with E-state index in [1.54, 1.807) is 7.11 Å². The van der Waals surface area contributed by atoms with Crippen molar-refractivity contribution < 1.29 is 18.6 Å². The zero-order valence-electron chi connectivity index (χ0n) is 25.8. The van der Waals surface area contributed by atoms with Crippen molar-refractivity contribution in [2.45, 2.75) is 71.0 Å². The van der Waals surface area contributed by atoms with E-state index in [0.29, 0.717) is 19.8 Å². The molecule has 222 valence electrons. The minimum absolute atomic E-state index is 0.103. The molecule has 0 amide bonds. The van der Waals surface area contributed by atoms with Crippen molar-refractivity contribution in [3.63, 3.8) is 0 Å². The first-order valence-corrected chi connectivity index (χ1v) is 16.9. The van der Waals surface area contributed by atoms with Gasteiger partial charge in [0.1, 0.15) is 5.75 Å². The van der Waals surface area contributed by atoms with Gasteiger partial charge in [0.2, 0.25) is 0 Å². The van der Waals surface area contributed by atoms with E-state index >= 15 is 0 Å². The summed E-state index contributed by atoms with van der Waals surface area (Å²) in [5.74, 6) is 0.842. The van der Waals surface area contributed by atoms with Crippen LogP contribution in [0.4, 0.5) is 0 Å². The second kappa shape index (κ2) is 15.3. The third-order valence-corrected chi connectivity index (χ3v) is 12.9. The topological polar surface area (TPSA) is 36.9 Å². The van der Waals surface area contributed by atoms with Crippen molar-refractivity contribution in [3.8, 4) is 5.75 Å². The van der Waals surface area contributed by atoms with Gasteiger partial charge in [0, 0.05) is 6.61 Å². The van der Waals surface area contributed by atoms with E-state index in [4.69, 9.17) is 18.6 Å². The molecule has 42 heavy (non-hydrogen) atoms. The molecule has 0 aliphatic heterocycles. The third-order valence-electron chi connectivity index (χ3n) is 7.82. The molecular formula is C37H46O4Si. The van der Waals surface area contributed by atoms with E-state index in [9.17, 15) is 0 Å². The molecule has 0 aliphatic rings. The number of methoxy groups -OCH3 is 1. The predicted octanol–water partition coefficient (Wildman–Crippen LogP) is 7.54. The molecule has 2 atom stereocenters. The van der Waals surface area contributed by atoms with Crippen LogP contribution in [-0.4, -0.2) is 34.2 Å². The Morgan fingerprint density at radius 1 is 0.667 bits per heavy atom. The third kappa shape index (κ3) is 8.20. The van der Waals surface area contributed by atoms with Gasteiger partial charge in [-0.05, 0) is 58.4 Å². The second-order valence-electron chi connectivity index (χ2n) is 11.9. The summed E-state index contributed by atoms with van der Waals surface area (Å²) in [6.07, 6.45) is 1.48. The zero-order chi connectivity index (χ0) is 29.8. The quantitative estimate of drug-likeness (QED) is 0.107. The fourth-order valence-corrected chi connectivity index (χ4v) is 10.3. The summed E-state index contributed by atoms with van der Waals surface area (Å²) in [5.41, 5.74) is 2.30. The monoisotopic (exact) mass is 582 g/mol. The predicted molar refractivity (Wildman–Crippen MR) is 175 cm³/mol. The summed E-state index contributed by atoms with van der Waals surface area (Å²) in [5, 5.41) is 2.44. The van der Waals surface area contributed by atoms with Crippen LogP contribution < -0.4 is 15.1 Å². The Morgan fingerprint density at radius 3 is 1.71 bits per heavy atom. The van der Waals surface area contributed by atoms with E-state index < -0.39 is 8.32 Å². The molecule has 4 rings (SSSR count). The Kier molecular flexibility index (Phi) is 11.6. The molecule has 0 spiro atoms. The molecule has 0 heterocycles. The van der Waals surface area contributed by atoms with Crippen LogP contribution >= 0.6 is 0 Å². The lowest BCUT2D eigenvalue weighted by Gasteiger charge is -2.45. The van der Waals surface area contributed by atoms with E-state index in [-0.39, 0.29) is 17.2 Å². The summed E-state index contributed by atoms with van der Waals surface area (Å²) in [7, 11) is -1.04. The fourth-order valence-electron chi connectivity index (χ4n) is 5.58. The Bertz CT molecular complexity index is 1270. The van der Waals surface area contributed by atoms with Gasteiger partial charge in [0.15, 0.2) is 0 Å². The van der Waals surface area contributed by atoms with Crippen LogP contribution in [0.25, 0.3) is 0 Å². The number of ether oxygens (including phenoxy) is 3. The van der Waals surface area contributed by atoms with Crippen LogP contribution in [0.5, 0.6) is 5.75 Å². The van der Waals surface area contributed by atoms with Gasteiger partial charge in [0.25, 0.3) is 8.32 Å². The first-order valence-electron chi connectivity index (χ1n) is 15.0. The first kappa shape index (κ1) is 31.7. The van der Waals surface area contributed by atoms with Gasteiger partial charge in [-0.15, -0.1) is 0 Å². The number of rotatable bonds is 15. The molecule has 4 aromatic carbocycles. The number of hydrogen-bond acceptors (Lipinski definition) is 4. The molecule has 0 radical (unpaired) electrons. The highest BCUT2D eigenvalue weighted by Crippen LogP contribution is 2.38. The molecule has 0 fully saturated rings. The van der Waals surface area contributed by atoms with Crippen LogP contribution in [0.3, 0.4) is 0 Å². The van der Waals surface area contributed by atoms with Gasteiger partial charge in [-0.2, -0.15) is 0 Å². The first-order chi connectivity index (χ1) is 20.3. The van der Waals surface area contributed by atoms with Crippen LogP contribution in [0.1, 0.15) is 51.7 Å². The fraction of sp³-hybridized carbons (Fsp3) is 0.351. The van der Waals surface area contributed by atoms with Crippen LogP contribution in [0.2, 0.25) is 5.04 Å².